The zero-order valence-corrected chi connectivity index (χ0v) is 15.9. The summed E-state index contributed by atoms with van der Waals surface area (Å²) in [5.41, 5.74) is 1.95. The second-order valence-electron chi connectivity index (χ2n) is 6.38. The molecule has 0 saturated carbocycles. The molecule has 1 aliphatic rings. The van der Waals surface area contributed by atoms with Crippen molar-refractivity contribution in [2.24, 2.45) is 0 Å². The number of nitrogens with one attached hydrogen (secondary N) is 2. The van der Waals surface area contributed by atoms with Gasteiger partial charge in [0, 0.05) is 12.3 Å². The highest BCUT2D eigenvalue weighted by Gasteiger charge is 2.19. The van der Waals surface area contributed by atoms with E-state index in [0.717, 1.165) is 30.9 Å². The molecule has 3 rings (SSSR count). The summed E-state index contributed by atoms with van der Waals surface area (Å²) in [5, 5.41) is 9.85. The Hall–Kier alpha value is -1.86. The first-order valence-corrected chi connectivity index (χ1v) is 9.23. The molecule has 1 amide bonds. The zero-order chi connectivity index (χ0) is 17.8. The van der Waals surface area contributed by atoms with Gasteiger partial charge in [-0.3, -0.25) is 9.89 Å². The van der Waals surface area contributed by atoms with E-state index >= 15 is 0 Å². The fourth-order valence-corrected chi connectivity index (χ4v) is 3.48. The van der Waals surface area contributed by atoms with Gasteiger partial charge in [0.15, 0.2) is 5.69 Å². The minimum absolute atomic E-state index is 0.187. The third kappa shape index (κ3) is 4.41. The van der Waals surface area contributed by atoms with Crippen LogP contribution in [0.1, 0.15) is 48.8 Å². The highest BCUT2D eigenvalue weighted by Crippen LogP contribution is 2.26. The number of hydrogen-bond donors (Lipinski definition) is 2. The van der Waals surface area contributed by atoms with E-state index in [-0.39, 0.29) is 17.9 Å². The molecule has 7 heteroatoms. The Kier molecular flexibility index (Phi) is 5.75. The van der Waals surface area contributed by atoms with Crippen molar-refractivity contribution in [1.82, 2.24) is 10.2 Å². The van der Waals surface area contributed by atoms with Crippen LogP contribution in [0.25, 0.3) is 0 Å². The molecule has 1 atom stereocenters. The maximum Gasteiger partial charge on any atom is 0.277 e. The number of hydrogen-bond acceptors (Lipinski definition) is 4. The molecule has 25 heavy (non-hydrogen) atoms. The van der Waals surface area contributed by atoms with Crippen molar-refractivity contribution in [3.8, 4) is 5.75 Å². The minimum atomic E-state index is -0.261. The van der Waals surface area contributed by atoms with Crippen LogP contribution in [0.4, 0.5) is 5.69 Å². The average Bonchev–Trinajstić information content (AvgIpc) is 3.23. The molecule has 0 bridgehead atoms. The van der Waals surface area contributed by atoms with Crippen molar-refractivity contribution in [2.45, 2.75) is 38.7 Å². The SMILES string of the molecule is CC(C)c1[nH]nc(C(=O)Nc2ccc(OCC3CCCO3)cc2)c1Br. The van der Waals surface area contributed by atoms with E-state index in [9.17, 15) is 4.79 Å². The zero-order valence-electron chi connectivity index (χ0n) is 14.3. The third-order valence-corrected chi connectivity index (χ3v) is 4.90. The van der Waals surface area contributed by atoms with E-state index in [1.807, 2.05) is 38.1 Å². The van der Waals surface area contributed by atoms with Crippen LogP contribution in [-0.2, 0) is 4.74 Å². The second-order valence-corrected chi connectivity index (χ2v) is 7.17. The molecule has 1 aromatic heterocycles. The molecule has 6 nitrogen and oxygen atoms in total. The smallest absolute Gasteiger partial charge is 0.277 e. The van der Waals surface area contributed by atoms with Gasteiger partial charge in [0.1, 0.15) is 12.4 Å². The van der Waals surface area contributed by atoms with Crippen molar-refractivity contribution in [1.29, 1.82) is 0 Å². The van der Waals surface area contributed by atoms with Gasteiger partial charge >= 0.3 is 0 Å². The van der Waals surface area contributed by atoms with E-state index in [1.54, 1.807) is 0 Å². The summed E-state index contributed by atoms with van der Waals surface area (Å²) in [6.07, 6.45) is 2.33. The van der Waals surface area contributed by atoms with Crippen LogP contribution in [-0.4, -0.2) is 35.4 Å². The van der Waals surface area contributed by atoms with Gasteiger partial charge in [0.25, 0.3) is 5.91 Å². The molecule has 0 spiro atoms. The van der Waals surface area contributed by atoms with Crippen molar-refractivity contribution < 1.29 is 14.3 Å². The maximum atomic E-state index is 12.4. The number of aromatic nitrogens is 2. The first-order valence-electron chi connectivity index (χ1n) is 8.44. The predicted octanol–water partition coefficient (Wildman–Crippen LogP) is 4.11. The predicted molar refractivity (Wildman–Crippen MR) is 99.2 cm³/mol. The lowest BCUT2D eigenvalue weighted by molar-refractivity contribution is 0.0679. The fourth-order valence-electron chi connectivity index (χ4n) is 2.66. The number of H-pyrrole nitrogens is 1. The molecule has 0 radical (unpaired) electrons. The van der Waals surface area contributed by atoms with Crippen LogP contribution in [0.15, 0.2) is 28.7 Å². The van der Waals surface area contributed by atoms with Crippen LogP contribution in [0.3, 0.4) is 0 Å². The Labute approximate surface area is 155 Å². The van der Waals surface area contributed by atoms with E-state index in [2.05, 4.69) is 31.4 Å². The van der Waals surface area contributed by atoms with E-state index < -0.39 is 0 Å². The monoisotopic (exact) mass is 407 g/mol. The Morgan fingerprint density at radius 3 is 2.80 bits per heavy atom. The lowest BCUT2D eigenvalue weighted by Crippen LogP contribution is -2.16. The van der Waals surface area contributed by atoms with Gasteiger partial charge in [-0.05, 0) is 59.0 Å². The molecule has 2 heterocycles. The number of amides is 1. The standard InChI is InChI=1S/C18H22BrN3O3/c1-11(2)16-15(19)17(22-21-16)18(23)20-12-5-7-13(8-6-12)25-10-14-4-3-9-24-14/h5-8,11,14H,3-4,9-10H2,1-2H3,(H,20,23)(H,21,22). The molecule has 134 valence electrons. The van der Waals surface area contributed by atoms with Gasteiger partial charge < -0.3 is 14.8 Å². The van der Waals surface area contributed by atoms with Gasteiger partial charge in [0.05, 0.1) is 16.3 Å². The number of halogens is 1. The van der Waals surface area contributed by atoms with Crippen molar-refractivity contribution in [3.05, 3.63) is 40.1 Å². The molecule has 1 aliphatic heterocycles. The second kappa shape index (κ2) is 8.01. The molecular weight excluding hydrogens is 386 g/mol. The fraction of sp³-hybridized carbons (Fsp3) is 0.444. The largest absolute Gasteiger partial charge is 0.491 e. The van der Waals surface area contributed by atoms with Crippen LogP contribution in [0.2, 0.25) is 0 Å². The summed E-state index contributed by atoms with van der Waals surface area (Å²) in [6.45, 7) is 5.45. The summed E-state index contributed by atoms with van der Waals surface area (Å²) in [4.78, 5) is 12.4. The number of benzene rings is 1. The van der Waals surface area contributed by atoms with Crippen molar-refractivity contribution >= 4 is 27.5 Å². The number of nitrogens with zero attached hydrogens (tertiary/aromatic N) is 1. The van der Waals surface area contributed by atoms with E-state index in [4.69, 9.17) is 9.47 Å². The Morgan fingerprint density at radius 2 is 2.20 bits per heavy atom. The van der Waals surface area contributed by atoms with Crippen LogP contribution in [0, 0.1) is 0 Å². The number of rotatable bonds is 6. The maximum absolute atomic E-state index is 12.4. The third-order valence-electron chi connectivity index (χ3n) is 4.10. The molecule has 1 fully saturated rings. The van der Waals surface area contributed by atoms with Gasteiger partial charge in [-0.15, -0.1) is 0 Å². The molecule has 1 saturated heterocycles. The number of aromatic amines is 1. The highest BCUT2D eigenvalue weighted by molar-refractivity contribution is 9.10. The summed E-state index contributed by atoms with van der Waals surface area (Å²) in [5.74, 6) is 0.753. The Balaban J connectivity index is 1.58. The first-order chi connectivity index (χ1) is 12.0. The quantitative estimate of drug-likeness (QED) is 0.755. The molecule has 0 aliphatic carbocycles. The summed E-state index contributed by atoms with van der Waals surface area (Å²) in [7, 11) is 0. The summed E-state index contributed by atoms with van der Waals surface area (Å²) in [6, 6.07) is 7.30. The van der Waals surface area contributed by atoms with Crippen LogP contribution >= 0.6 is 15.9 Å². The molecule has 1 unspecified atom stereocenters. The summed E-state index contributed by atoms with van der Waals surface area (Å²) < 4.78 is 12.0. The minimum Gasteiger partial charge on any atom is -0.491 e. The van der Waals surface area contributed by atoms with Gasteiger partial charge in [0.2, 0.25) is 0 Å². The van der Waals surface area contributed by atoms with Gasteiger partial charge in [-0.2, -0.15) is 5.10 Å². The van der Waals surface area contributed by atoms with Crippen LogP contribution in [0.5, 0.6) is 5.75 Å². The number of anilines is 1. The summed E-state index contributed by atoms with van der Waals surface area (Å²) >= 11 is 3.44. The Bertz CT molecular complexity index is 722. The van der Waals surface area contributed by atoms with E-state index in [0.29, 0.717) is 22.5 Å². The number of carbonyl (C=O) groups is 1. The topological polar surface area (TPSA) is 76.2 Å². The normalized spacial score (nSPS) is 17.0. The Morgan fingerprint density at radius 1 is 1.44 bits per heavy atom. The van der Waals surface area contributed by atoms with Crippen molar-refractivity contribution in [3.63, 3.8) is 0 Å². The van der Waals surface area contributed by atoms with Gasteiger partial charge in [-0.25, -0.2) is 0 Å². The first kappa shape index (κ1) is 17.9. The van der Waals surface area contributed by atoms with E-state index in [1.165, 1.54) is 0 Å². The van der Waals surface area contributed by atoms with Gasteiger partial charge in [-0.1, -0.05) is 13.8 Å². The average molecular weight is 408 g/mol. The molecule has 2 aromatic rings. The molecule has 1 aromatic carbocycles. The number of ether oxygens (including phenoxy) is 2. The lowest BCUT2D eigenvalue weighted by Gasteiger charge is -2.12. The van der Waals surface area contributed by atoms with Crippen molar-refractivity contribution in [2.75, 3.05) is 18.5 Å². The molecule has 2 N–H and O–H groups in total. The lowest BCUT2D eigenvalue weighted by atomic mass is 10.1. The highest BCUT2D eigenvalue weighted by atomic mass is 79.9. The number of carbonyl (C=O) groups excluding carboxylic acids is 1. The van der Waals surface area contributed by atoms with Crippen LogP contribution < -0.4 is 10.1 Å². The molecular formula is C18H22BrN3O3.